The first kappa shape index (κ1) is 8.34. The van der Waals surface area contributed by atoms with Crippen molar-refractivity contribution in [2.24, 2.45) is 5.92 Å². The lowest BCUT2D eigenvalue weighted by molar-refractivity contribution is 0.287. The molecule has 0 nitrogen and oxygen atoms in total. The van der Waals surface area contributed by atoms with Crippen molar-refractivity contribution in [3.63, 3.8) is 0 Å². The molecule has 0 unspecified atom stereocenters. The van der Waals surface area contributed by atoms with Crippen LogP contribution in [0.15, 0.2) is 11.6 Å². The van der Waals surface area contributed by atoms with E-state index in [0.717, 1.165) is 5.92 Å². The topological polar surface area (TPSA) is 0 Å². The van der Waals surface area contributed by atoms with E-state index in [1.54, 1.807) is 5.57 Å². The van der Waals surface area contributed by atoms with Crippen LogP contribution in [-0.2, 0) is 0 Å². The Morgan fingerprint density at radius 3 is 2.58 bits per heavy atom. The zero-order chi connectivity index (χ0) is 8.23. The van der Waals surface area contributed by atoms with Crippen LogP contribution < -0.4 is 0 Å². The molecule has 0 N–H and O–H groups in total. The van der Waals surface area contributed by atoms with Gasteiger partial charge in [-0.15, -0.1) is 0 Å². The smallest absolute Gasteiger partial charge is 0.0285 e. The van der Waals surface area contributed by atoms with Crippen molar-refractivity contribution in [2.75, 3.05) is 0 Å². The molecule has 2 aliphatic carbocycles. The molecule has 0 amide bonds. The van der Waals surface area contributed by atoms with Gasteiger partial charge in [0.2, 0.25) is 0 Å². The molecule has 0 bridgehead atoms. The van der Waals surface area contributed by atoms with Crippen molar-refractivity contribution >= 4 is 0 Å². The Hall–Kier alpha value is -0.260. The van der Waals surface area contributed by atoms with Crippen LogP contribution in [0.1, 0.15) is 57.8 Å². The second-order valence-corrected chi connectivity index (χ2v) is 4.44. The minimum absolute atomic E-state index is 1.13. The Kier molecular flexibility index (Phi) is 2.86. The number of unbranched alkanes of at least 4 members (excludes halogenated alkanes) is 1. The molecule has 0 spiro atoms. The summed E-state index contributed by atoms with van der Waals surface area (Å²) in [6, 6.07) is 0. The summed E-state index contributed by atoms with van der Waals surface area (Å²) in [5.41, 5.74) is 1.74. The molecule has 68 valence electrons. The fraction of sp³-hybridized carbons (Fsp3) is 0.833. The number of hydrogen-bond donors (Lipinski definition) is 0. The Labute approximate surface area is 76.1 Å². The van der Waals surface area contributed by atoms with Crippen LogP contribution in [0.4, 0.5) is 0 Å². The fourth-order valence-electron chi connectivity index (χ4n) is 2.14. The first-order chi connectivity index (χ1) is 5.95. The first-order valence-electron chi connectivity index (χ1n) is 5.63. The molecule has 0 aromatic heterocycles. The molecular formula is C12H20. The molecule has 0 saturated heterocycles. The monoisotopic (exact) mass is 164 g/mol. The summed E-state index contributed by atoms with van der Waals surface area (Å²) >= 11 is 0. The van der Waals surface area contributed by atoms with E-state index in [2.05, 4.69) is 6.08 Å². The van der Waals surface area contributed by atoms with E-state index >= 15 is 0 Å². The van der Waals surface area contributed by atoms with E-state index in [0.29, 0.717) is 0 Å². The zero-order valence-electron chi connectivity index (χ0n) is 8.02. The summed E-state index contributed by atoms with van der Waals surface area (Å²) in [6.45, 7) is 0. The molecule has 0 heterocycles. The maximum Gasteiger partial charge on any atom is -0.0285 e. The van der Waals surface area contributed by atoms with Gasteiger partial charge in [0, 0.05) is 0 Å². The minimum atomic E-state index is 1.13. The zero-order valence-corrected chi connectivity index (χ0v) is 8.02. The predicted octanol–water partition coefficient (Wildman–Crippen LogP) is 4.07. The normalized spacial score (nSPS) is 22.8. The van der Waals surface area contributed by atoms with Gasteiger partial charge in [0.15, 0.2) is 0 Å². The molecular weight excluding hydrogens is 144 g/mol. The molecule has 0 aromatic carbocycles. The molecule has 2 aliphatic rings. The van der Waals surface area contributed by atoms with Gasteiger partial charge in [0.1, 0.15) is 0 Å². The molecule has 0 heteroatoms. The van der Waals surface area contributed by atoms with Crippen molar-refractivity contribution in [1.29, 1.82) is 0 Å². The first-order valence-corrected chi connectivity index (χ1v) is 5.63. The molecule has 2 rings (SSSR count). The van der Waals surface area contributed by atoms with Crippen molar-refractivity contribution < 1.29 is 0 Å². The van der Waals surface area contributed by atoms with Gasteiger partial charge in [-0.2, -0.15) is 0 Å². The standard InChI is InChI=1S/C12H20/c1(5-11-7-3-8-11)2-6-12-9-4-10-12/h7,12H,1-6,8-10H2. The van der Waals surface area contributed by atoms with Crippen LogP contribution in [0, 0.1) is 5.92 Å². The molecule has 1 fully saturated rings. The van der Waals surface area contributed by atoms with Gasteiger partial charge in [0.25, 0.3) is 0 Å². The summed E-state index contributed by atoms with van der Waals surface area (Å²) in [7, 11) is 0. The van der Waals surface area contributed by atoms with E-state index in [1.807, 2.05) is 0 Å². The molecule has 0 aliphatic heterocycles. The third-order valence-electron chi connectivity index (χ3n) is 3.48. The third kappa shape index (κ3) is 2.12. The molecule has 1 saturated carbocycles. The second-order valence-electron chi connectivity index (χ2n) is 4.44. The highest BCUT2D eigenvalue weighted by Crippen LogP contribution is 2.32. The average molecular weight is 164 g/mol. The lowest BCUT2D eigenvalue weighted by Crippen LogP contribution is -2.10. The van der Waals surface area contributed by atoms with E-state index in [4.69, 9.17) is 0 Å². The summed E-state index contributed by atoms with van der Waals surface area (Å²) in [5, 5.41) is 0. The lowest BCUT2D eigenvalue weighted by Gasteiger charge is -2.25. The van der Waals surface area contributed by atoms with Gasteiger partial charge >= 0.3 is 0 Å². The van der Waals surface area contributed by atoms with E-state index < -0.39 is 0 Å². The quantitative estimate of drug-likeness (QED) is 0.424. The van der Waals surface area contributed by atoms with Crippen LogP contribution >= 0.6 is 0 Å². The Bertz CT molecular complexity index is 163. The van der Waals surface area contributed by atoms with Gasteiger partial charge < -0.3 is 0 Å². The van der Waals surface area contributed by atoms with Gasteiger partial charge in [-0.05, 0) is 31.6 Å². The van der Waals surface area contributed by atoms with Crippen LogP contribution in [0.2, 0.25) is 0 Å². The predicted molar refractivity (Wildman–Crippen MR) is 53.1 cm³/mol. The molecule has 0 aromatic rings. The highest BCUT2D eigenvalue weighted by Gasteiger charge is 2.16. The van der Waals surface area contributed by atoms with Crippen molar-refractivity contribution in [3.8, 4) is 0 Å². The minimum Gasteiger partial charge on any atom is -0.0850 e. The molecule has 0 radical (unpaired) electrons. The van der Waals surface area contributed by atoms with Crippen LogP contribution in [0.3, 0.4) is 0 Å². The van der Waals surface area contributed by atoms with Crippen LogP contribution in [0.25, 0.3) is 0 Å². The van der Waals surface area contributed by atoms with Gasteiger partial charge in [-0.3, -0.25) is 0 Å². The summed E-state index contributed by atoms with van der Waals surface area (Å²) in [5.74, 6) is 1.13. The van der Waals surface area contributed by atoms with E-state index in [-0.39, 0.29) is 0 Å². The number of hydrogen-bond acceptors (Lipinski definition) is 0. The van der Waals surface area contributed by atoms with Crippen molar-refractivity contribution in [2.45, 2.75) is 57.8 Å². The second kappa shape index (κ2) is 4.11. The third-order valence-corrected chi connectivity index (χ3v) is 3.48. The van der Waals surface area contributed by atoms with Gasteiger partial charge in [-0.25, -0.2) is 0 Å². The van der Waals surface area contributed by atoms with Gasteiger partial charge in [-0.1, -0.05) is 43.8 Å². The van der Waals surface area contributed by atoms with Gasteiger partial charge in [0.05, 0.1) is 0 Å². The SMILES string of the molecule is C1=C(CCCCC2CCC2)CC1. The number of allylic oxidation sites excluding steroid dienone is 2. The molecule has 12 heavy (non-hydrogen) atoms. The Balaban J connectivity index is 1.45. The highest BCUT2D eigenvalue weighted by molar-refractivity contribution is 5.11. The lowest BCUT2D eigenvalue weighted by atomic mass is 9.81. The Morgan fingerprint density at radius 2 is 2.08 bits per heavy atom. The van der Waals surface area contributed by atoms with Crippen LogP contribution in [-0.4, -0.2) is 0 Å². The van der Waals surface area contributed by atoms with Crippen molar-refractivity contribution in [3.05, 3.63) is 11.6 Å². The number of rotatable bonds is 5. The highest BCUT2D eigenvalue weighted by atomic mass is 14.2. The largest absolute Gasteiger partial charge is 0.0850 e. The summed E-state index contributed by atoms with van der Waals surface area (Å²) in [6.07, 6.45) is 15.6. The summed E-state index contributed by atoms with van der Waals surface area (Å²) < 4.78 is 0. The van der Waals surface area contributed by atoms with Crippen molar-refractivity contribution in [1.82, 2.24) is 0 Å². The van der Waals surface area contributed by atoms with E-state index in [1.165, 1.54) is 57.8 Å². The molecule has 0 atom stereocenters. The fourth-order valence-corrected chi connectivity index (χ4v) is 2.14. The summed E-state index contributed by atoms with van der Waals surface area (Å²) in [4.78, 5) is 0. The van der Waals surface area contributed by atoms with E-state index in [9.17, 15) is 0 Å². The maximum absolute atomic E-state index is 2.42. The van der Waals surface area contributed by atoms with Crippen LogP contribution in [0.5, 0.6) is 0 Å². The average Bonchev–Trinajstić information content (AvgIpc) is 1.88. The Morgan fingerprint density at radius 1 is 1.25 bits per heavy atom. The maximum atomic E-state index is 2.42.